The number of para-hydroxylation sites is 2. The lowest BCUT2D eigenvalue weighted by Crippen LogP contribution is -3.16. The lowest BCUT2D eigenvalue weighted by atomic mass is 9.88. The summed E-state index contributed by atoms with van der Waals surface area (Å²) in [5.74, 6) is 0.818. The lowest BCUT2D eigenvalue weighted by molar-refractivity contribution is -0.946. The predicted molar refractivity (Wildman–Crippen MR) is 119 cm³/mol. The highest BCUT2D eigenvalue weighted by Crippen LogP contribution is 2.44. The predicted octanol–water partition coefficient (Wildman–Crippen LogP) is 1.06. The van der Waals surface area contributed by atoms with Crippen molar-refractivity contribution in [3.63, 3.8) is 0 Å². The van der Waals surface area contributed by atoms with E-state index < -0.39 is 5.92 Å². The Hall–Kier alpha value is -2.63. The van der Waals surface area contributed by atoms with Gasteiger partial charge >= 0.3 is 5.97 Å². The molecule has 2 aliphatic heterocycles. The Morgan fingerprint density at radius 1 is 0.906 bits per heavy atom. The van der Waals surface area contributed by atoms with Crippen LogP contribution in [0.15, 0.2) is 78.9 Å². The molecule has 3 aromatic carbocycles. The van der Waals surface area contributed by atoms with E-state index in [1.54, 1.807) is 0 Å². The molecule has 4 nitrogen and oxygen atoms in total. The van der Waals surface area contributed by atoms with E-state index in [9.17, 15) is 4.79 Å². The molecule has 2 heterocycles. The number of likely N-dealkylation sites (tertiary alicyclic amines) is 1. The number of hydrogen-bond acceptors (Lipinski definition) is 3. The molecule has 1 N–H and O–H groups in total. The molecule has 5 rings (SSSR count). The Bertz CT molecular complexity index is 1050. The van der Waals surface area contributed by atoms with Gasteiger partial charge in [0.25, 0.3) is 0 Å². The fourth-order valence-electron chi connectivity index (χ4n) is 4.94. The van der Waals surface area contributed by atoms with Crippen molar-refractivity contribution in [3.8, 4) is 11.5 Å². The van der Waals surface area contributed by atoms with Crippen LogP contribution < -0.4 is 26.6 Å². The van der Waals surface area contributed by atoms with Gasteiger partial charge in [-0.1, -0.05) is 66.7 Å². The van der Waals surface area contributed by atoms with E-state index in [0.29, 0.717) is 0 Å². The van der Waals surface area contributed by atoms with Crippen molar-refractivity contribution in [2.75, 3.05) is 13.1 Å². The molecule has 2 aliphatic rings. The van der Waals surface area contributed by atoms with Gasteiger partial charge in [0.05, 0.1) is 6.54 Å². The van der Waals surface area contributed by atoms with Crippen LogP contribution >= 0.6 is 0 Å². The maximum Gasteiger partial charge on any atom is 0.318 e. The zero-order valence-corrected chi connectivity index (χ0v) is 20.0. The van der Waals surface area contributed by atoms with Gasteiger partial charge in [-0.05, 0) is 26.0 Å². The topological polar surface area (TPSA) is 40.0 Å². The molecular formula is C27H28BrNO3. The molecule has 0 aliphatic carbocycles. The fraction of sp³-hybridized carbons (Fsp3) is 0.296. The summed E-state index contributed by atoms with van der Waals surface area (Å²) in [5, 5.41) is 0. The maximum absolute atomic E-state index is 13.4. The van der Waals surface area contributed by atoms with Crippen LogP contribution in [-0.4, -0.2) is 25.2 Å². The minimum Gasteiger partial charge on any atom is -1.00 e. The van der Waals surface area contributed by atoms with Crippen LogP contribution in [0, 0.1) is 0 Å². The van der Waals surface area contributed by atoms with Crippen LogP contribution in [0.5, 0.6) is 11.5 Å². The Morgan fingerprint density at radius 3 is 2.09 bits per heavy atom. The van der Waals surface area contributed by atoms with Gasteiger partial charge in [-0.15, -0.1) is 0 Å². The molecule has 0 radical (unpaired) electrons. The molecule has 3 aromatic rings. The van der Waals surface area contributed by atoms with Crippen LogP contribution in [0.3, 0.4) is 0 Å². The van der Waals surface area contributed by atoms with Crippen molar-refractivity contribution in [1.82, 2.24) is 0 Å². The van der Waals surface area contributed by atoms with Crippen molar-refractivity contribution >= 4 is 5.97 Å². The van der Waals surface area contributed by atoms with Gasteiger partial charge in [0, 0.05) is 23.1 Å². The number of carbonyl (C=O) groups is 1. The minimum absolute atomic E-state index is 0. The fourth-order valence-corrected chi connectivity index (χ4v) is 4.94. The second-order valence-electron chi connectivity index (χ2n) is 9.01. The first kappa shape index (κ1) is 22.6. The van der Waals surface area contributed by atoms with Gasteiger partial charge in [-0.25, -0.2) is 0 Å². The summed E-state index contributed by atoms with van der Waals surface area (Å²) in [6.45, 7) is 6.35. The SMILES string of the molecule is CC(C)(c1ccccc1)[NH+]1CCC(OC(=O)C2c3ccccc3Oc3ccccc32)C1.[Br-]. The average Bonchev–Trinajstić information content (AvgIpc) is 3.27. The van der Waals surface area contributed by atoms with E-state index in [0.717, 1.165) is 42.1 Å². The van der Waals surface area contributed by atoms with Crippen LogP contribution in [-0.2, 0) is 15.1 Å². The smallest absolute Gasteiger partial charge is 0.318 e. The Labute approximate surface area is 199 Å². The summed E-state index contributed by atoms with van der Waals surface area (Å²) in [5.41, 5.74) is 3.03. The van der Waals surface area contributed by atoms with Gasteiger partial charge < -0.3 is 31.4 Å². The first-order valence-corrected chi connectivity index (χ1v) is 11.0. The first-order chi connectivity index (χ1) is 15.0. The summed E-state index contributed by atoms with van der Waals surface area (Å²) in [4.78, 5) is 14.9. The molecule has 0 aromatic heterocycles. The van der Waals surface area contributed by atoms with Crippen molar-refractivity contribution in [1.29, 1.82) is 0 Å². The zero-order chi connectivity index (χ0) is 21.4. The highest BCUT2D eigenvalue weighted by Gasteiger charge is 2.42. The van der Waals surface area contributed by atoms with E-state index in [-0.39, 0.29) is 34.6 Å². The monoisotopic (exact) mass is 493 g/mol. The number of rotatable bonds is 4. The average molecular weight is 494 g/mol. The van der Waals surface area contributed by atoms with E-state index in [2.05, 4.69) is 38.1 Å². The van der Waals surface area contributed by atoms with E-state index in [1.165, 1.54) is 10.5 Å². The molecule has 2 atom stereocenters. The third-order valence-corrected chi connectivity index (χ3v) is 6.82. The van der Waals surface area contributed by atoms with Gasteiger partial charge in [-0.3, -0.25) is 4.79 Å². The molecule has 1 saturated heterocycles. The van der Waals surface area contributed by atoms with Gasteiger partial charge in [-0.2, -0.15) is 0 Å². The van der Waals surface area contributed by atoms with Crippen molar-refractivity contribution in [2.24, 2.45) is 0 Å². The molecule has 0 amide bonds. The summed E-state index contributed by atoms with van der Waals surface area (Å²) in [6.07, 6.45) is 0.803. The summed E-state index contributed by atoms with van der Waals surface area (Å²) >= 11 is 0. The summed E-state index contributed by atoms with van der Waals surface area (Å²) in [7, 11) is 0. The first-order valence-electron chi connectivity index (χ1n) is 11.0. The zero-order valence-electron chi connectivity index (χ0n) is 18.4. The maximum atomic E-state index is 13.4. The van der Waals surface area contributed by atoms with E-state index in [4.69, 9.17) is 9.47 Å². The molecule has 0 spiro atoms. The molecule has 1 fully saturated rings. The Balaban J connectivity index is 0.00000245. The number of nitrogens with one attached hydrogen (secondary N) is 1. The van der Waals surface area contributed by atoms with E-state index >= 15 is 0 Å². The third-order valence-electron chi connectivity index (χ3n) is 6.82. The highest BCUT2D eigenvalue weighted by atomic mass is 79.9. The quantitative estimate of drug-likeness (QED) is 0.552. The summed E-state index contributed by atoms with van der Waals surface area (Å²) < 4.78 is 12.1. The number of carbonyl (C=O) groups excluding carboxylic acids is 1. The molecular weight excluding hydrogens is 466 g/mol. The Morgan fingerprint density at radius 2 is 1.47 bits per heavy atom. The molecule has 166 valence electrons. The minimum atomic E-state index is -0.452. The van der Waals surface area contributed by atoms with Crippen molar-refractivity contribution < 1.29 is 36.1 Å². The Kier molecular flexibility index (Phi) is 6.40. The van der Waals surface area contributed by atoms with Crippen LogP contribution in [0.25, 0.3) is 0 Å². The van der Waals surface area contributed by atoms with Crippen molar-refractivity contribution in [3.05, 3.63) is 95.6 Å². The number of benzene rings is 3. The number of esters is 1. The van der Waals surface area contributed by atoms with Gasteiger partial charge in [0.1, 0.15) is 29.5 Å². The molecule has 0 bridgehead atoms. The number of fused-ring (bicyclic) bond motifs is 2. The molecule has 32 heavy (non-hydrogen) atoms. The standard InChI is InChI=1S/C27H27NO3.BrH/c1-27(2,19-10-4-3-5-11-19)28-17-16-20(18-28)30-26(29)25-21-12-6-8-14-23(21)31-24-15-9-7-13-22(24)25;/h3-15,20,25H,16-18H2,1-2H3;1H. The van der Waals surface area contributed by atoms with Crippen molar-refractivity contribution in [2.45, 2.75) is 37.8 Å². The number of ether oxygens (including phenoxy) is 2. The number of hydrogen-bond donors (Lipinski definition) is 1. The lowest BCUT2D eigenvalue weighted by Gasteiger charge is -2.33. The normalized spacial score (nSPS) is 19.8. The summed E-state index contributed by atoms with van der Waals surface area (Å²) in [6, 6.07) is 26.1. The van der Waals surface area contributed by atoms with Crippen LogP contribution in [0.4, 0.5) is 0 Å². The molecule has 0 saturated carbocycles. The highest BCUT2D eigenvalue weighted by molar-refractivity contribution is 5.85. The third kappa shape index (κ3) is 4.07. The van der Waals surface area contributed by atoms with E-state index in [1.807, 2.05) is 54.6 Å². The van der Waals surface area contributed by atoms with Crippen LogP contribution in [0.1, 0.15) is 42.9 Å². The molecule has 2 unspecified atom stereocenters. The second kappa shape index (κ2) is 9.08. The molecule has 5 heteroatoms. The van der Waals surface area contributed by atoms with Gasteiger partial charge in [0.2, 0.25) is 0 Å². The number of quaternary nitrogens is 1. The number of halogens is 1. The largest absolute Gasteiger partial charge is 1.00 e. The van der Waals surface area contributed by atoms with Gasteiger partial charge in [0.15, 0.2) is 6.10 Å². The van der Waals surface area contributed by atoms with Crippen LogP contribution in [0.2, 0.25) is 0 Å². The second-order valence-corrected chi connectivity index (χ2v) is 9.01.